The summed E-state index contributed by atoms with van der Waals surface area (Å²) < 4.78 is 0. The molecule has 0 aromatic heterocycles. The number of amides is 1. The van der Waals surface area contributed by atoms with Gasteiger partial charge in [0.05, 0.1) is 0 Å². The van der Waals surface area contributed by atoms with Crippen molar-refractivity contribution in [2.75, 3.05) is 6.54 Å². The largest absolute Gasteiger partial charge is 0.356 e. The van der Waals surface area contributed by atoms with Gasteiger partial charge < -0.3 is 5.32 Å². The summed E-state index contributed by atoms with van der Waals surface area (Å²) in [7, 11) is 0. The van der Waals surface area contributed by atoms with Crippen LogP contribution < -0.4 is 5.32 Å². The van der Waals surface area contributed by atoms with Crippen molar-refractivity contribution in [1.29, 1.82) is 0 Å². The van der Waals surface area contributed by atoms with Crippen molar-refractivity contribution in [3.63, 3.8) is 0 Å². The summed E-state index contributed by atoms with van der Waals surface area (Å²) in [6, 6.07) is 8.48. The average molecular weight is 231 g/mol. The first-order valence-corrected chi connectivity index (χ1v) is 6.09. The van der Waals surface area contributed by atoms with Crippen molar-refractivity contribution in [3.8, 4) is 11.1 Å². The summed E-state index contributed by atoms with van der Waals surface area (Å²) in [6.07, 6.45) is 4.04. The molecule has 0 spiro atoms. The highest BCUT2D eigenvalue weighted by molar-refractivity contribution is 5.80. The van der Waals surface area contributed by atoms with Crippen LogP contribution in [0.3, 0.4) is 0 Å². The fraction of sp³-hybridized carbons (Fsp3) is 0.400. The zero-order chi connectivity index (χ0) is 12.7. The van der Waals surface area contributed by atoms with Crippen molar-refractivity contribution in [2.24, 2.45) is 5.92 Å². The lowest BCUT2D eigenvalue weighted by Gasteiger charge is -2.09. The Kier molecular flexibility index (Phi) is 5.47. The van der Waals surface area contributed by atoms with Gasteiger partial charge in [0.2, 0.25) is 5.91 Å². The Bertz CT molecular complexity index is 367. The SMILES string of the molecule is C=CCCC(C)CNC(C)=O.c1cc2cc-2c1. The highest BCUT2D eigenvalue weighted by atomic mass is 16.1. The predicted molar refractivity (Wildman–Crippen MR) is 72.7 cm³/mol. The summed E-state index contributed by atoms with van der Waals surface area (Å²) in [4.78, 5) is 10.5. The molecule has 0 aliphatic heterocycles. The van der Waals surface area contributed by atoms with Crippen molar-refractivity contribution in [2.45, 2.75) is 26.7 Å². The van der Waals surface area contributed by atoms with E-state index in [2.05, 4.69) is 43.1 Å². The molecule has 17 heavy (non-hydrogen) atoms. The number of nitrogens with one attached hydrogen (secondary N) is 1. The van der Waals surface area contributed by atoms with Crippen LogP contribution in [0.2, 0.25) is 0 Å². The van der Waals surface area contributed by atoms with Crippen LogP contribution in [-0.2, 0) is 4.79 Å². The Hall–Kier alpha value is -1.57. The molecule has 2 aliphatic rings. The standard InChI is InChI=1S/C9H17NO.C6H4/c1-4-5-6-8(2)7-10-9(3)11;1-2-5-4-6(5)3-1/h4,8H,1,5-7H2,2-3H3,(H,10,11);1-4H. The molecule has 1 N–H and O–H groups in total. The molecule has 0 aromatic carbocycles. The molecule has 2 nitrogen and oxygen atoms in total. The molecule has 1 unspecified atom stereocenters. The lowest BCUT2D eigenvalue weighted by atomic mass is 10.1. The first-order valence-electron chi connectivity index (χ1n) is 6.09. The van der Waals surface area contributed by atoms with Gasteiger partial charge in [-0.05, 0) is 36.0 Å². The Morgan fingerprint density at radius 3 is 2.47 bits per heavy atom. The molecule has 2 heteroatoms. The summed E-state index contributed by atoms with van der Waals surface area (Å²) in [5, 5.41) is 2.78. The minimum atomic E-state index is 0.0513. The number of benzene rings is 1. The third kappa shape index (κ3) is 5.91. The molecule has 2 aliphatic carbocycles. The third-order valence-corrected chi connectivity index (χ3v) is 2.68. The molecule has 0 radical (unpaired) electrons. The first-order chi connectivity index (χ1) is 8.13. The van der Waals surface area contributed by atoms with Gasteiger partial charge in [0, 0.05) is 13.5 Å². The van der Waals surface area contributed by atoms with Crippen LogP contribution in [-0.4, -0.2) is 12.5 Å². The van der Waals surface area contributed by atoms with E-state index in [0.717, 1.165) is 19.4 Å². The molecule has 0 saturated carbocycles. The monoisotopic (exact) mass is 231 g/mol. The number of hydrogen-bond donors (Lipinski definition) is 1. The zero-order valence-corrected chi connectivity index (χ0v) is 10.7. The topological polar surface area (TPSA) is 29.1 Å². The van der Waals surface area contributed by atoms with Gasteiger partial charge in [0.25, 0.3) is 0 Å². The zero-order valence-electron chi connectivity index (χ0n) is 10.7. The summed E-state index contributed by atoms with van der Waals surface area (Å²) in [5.74, 6) is 0.604. The second-order valence-corrected chi connectivity index (χ2v) is 4.49. The fourth-order valence-corrected chi connectivity index (χ4v) is 1.50. The number of hydrogen-bond acceptors (Lipinski definition) is 1. The normalized spacial score (nSPS) is 11.9. The number of rotatable bonds is 5. The quantitative estimate of drug-likeness (QED) is 0.785. The van der Waals surface area contributed by atoms with Gasteiger partial charge in [-0.25, -0.2) is 0 Å². The molecule has 0 aromatic rings. The lowest BCUT2D eigenvalue weighted by Crippen LogP contribution is -2.25. The van der Waals surface area contributed by atoms with Gasteiger partial charge in [-0.2, -0.15) is 0 Å². The first kappa shape index (κ1) is 13.5. The summed E-state index contributed by atoms with van der Waals surface area (Å²) >= 11 is 0. The maximum absolute atomic E-state index is 10.5. The van der Waals surface area contributed by atoms with Gasteiger partial charge in [-0.3, -0.25) is 4.79 Å². The van der Waals surface area contributed by atoms with Crippen LogP contribution in [0.15, 0.2) is 36.9 Å². The number of carbonyl (C=O) groups excluding carboxylic acids is 1. The van der Waals surface area contributed by atoms with E-state index < -0.39 is 0 Å². The molecular formula is C15H21NO. The second kappa shape index (κ2) is 6.89. The van der Waals surface area contributed by atoms with Crippen LogP contribution in [0.25, 0.3) is 11.1 Å². The molecule has 0 bridgehead atoms. The smallest absolute Gasteiger partial charge is 0.216 e. The fourth-order valence-electron chi connectivity index (χ4n) is 1.50. The van der Waals surface area contributed by atoms with E-state index in [-0.39, 0.29) is 5.91 Å². The Labute approximate surface area is 104 Å². The van der Waals surface area contributed by atoms with E-state index in [1.165, 1.54) is 11.1 Å². The molecule has 1 amide bonds. The highest BCUT2D eigenvalue weighted by Gasteiger charge is 2.07. The maximum Gasteiger partial charge on any atom is 0.216 e. The Balaban J connectivity index is 0.000000196. The number of allylic oxidation sites excluding steroid dienone is 1. The van der Waals surface area contributed by atoms with Crippen LogP contribution in [0.5, 0.6) is 0 Å². The van der Waals surface area contributed by atoms with Gasteiger partial charge in [-0.15, -0.1) is 6.58 Å². The summed E-state index contributed by atoms with van der Waals surface area (Å²) in [5.41, 5.74) is 2.85. The van der Waals surface area contributed by atoms with Crippen molar-refractivity contribution in [3.05, 3.63) is 36.9 Å². The van der Waals surface area contributed by atoms with E-state index in [0.29, 0.717) is 5.92 Å². The van der Waals surface area contributed by atoms with Crippen LogP contribution in [0.1, 0.15) is 26.7 Å². The highest BCUT2D eigenvalue weighted by Crippen LogP contribution is 2.32. The minimum absolute atomic E-state index is 0.0513. The average Bonchev–Trinajstić information content (AvgIpc) is 2.91. The van der Waals surface area contributed by atoms with Gasteiger partial charge in [0.15, 0.2) is 0 Å². The molecule has 0 fully saturated rings. The van der Waals surface area contributed by atoms with E-state index in [9.17, 15) is 4.79 Å². The molecule has 92 valence electrons. The maximum atomic E-state index is 10.5. The molecule has 2 rings (SSSR count). The second-order valence-electron chi connectivity index (χ2n) is 4.49. The van der Waals surface area contributed by atoms with Crippen molar-refractivity contribution >= 4 is 5.91 Å². The number of carbonyl (C=O) groups is 1. The van der Waals surface area contributed by atoms with E-state index in [4.69, 9.17) is 0 Å². The third-order valence-electron chi connectivity index (χ3n) is 2.68. The van der Waals surface area contributed by atoms with E-state index in [1.807, 2.05) is 6.08 Å². The van der Waals surface area contributed by atoms with Gasteiger partial charge in [0.1, 0.15) is 0 Å². The van der Waals surface area contributed by atoms with E-state index in [1.54, 1.807) is 6.92 Å². The Morgan fingerprint density at radius 2 is 2.12 bits per heavy atom. The Morgan fingerprint density at radius 1 is 1.47 bits per heavy atom. The molecular weight excluding hydrogens is 210 g/mol. The van der Waals surface area contributed by atoms with Gasteiger partial charge in [-0.1, -0.05) is 31.2 Å². The van der Waals surface area contributed by atoms with Crippen LogP contribution in [0, 0.1) is 5.92 Å². The minimum Gasteiger partial charge on any atom is -0.356 e. The molecule has 0 heterocycles. The predicted octanol–water partition coefficient (Wildman–Crippen LogP) is 3.39. The lowest BCUT2D eigenvalue weighted by molar-refractivity contribution is -0.119. The van der Waals surface area contributed by atoms with Crippen LogP contribution >= 0.6 is 0 Å². The number of fused-ring (bicyclic) bond motifs is 1. The van der Waals surface area contributed by atoms with Gasteiger partial charge >= 0.3 is 0 Å². The van der Waals surface area contributed by atoms with Crippen molar-refractivity contribution in [1.82, 2.24) is 5.32 Å². The van der Waals surface area contributed by atoms with E-state index >= 15 is 0 Å². The van der Waals surface area contributed by atoms with Crippen LogP contribution in [0.4, 0.5) is 0 Å². The molecule has 0 saturated heterocycles. The summed E-state index contributed by atoms with van der Waals surface area (Å²) in [6.45, 7) is 8.09. The van der Waals surface area contributed by atoms with Crippen molar-refractivity contribution < 1.29 is 4.79 Å². The molecule has 1 atom stereocenters.